The Hall–Kier alpha value is -2.81. The molecular formula is C20H21ClF3N5O. The van der Waals surface area contributed by atoms with Crippen molar-refractivity contribution in [3.63, 3.8) is 0 Å². The maximum atomic E-state index is 13.2. The van der Waals surface area contributed by atoms with Crippen LogP contribution >= 0.6 is 11.6 Å². The Labute approximate surface area is 176 Å². The summed E-state index contributed by atoms with van der Waals surface area (Å²) in [6.45, 7) is 2.02. The first kappa shape index (κ1) is 21.9. The summed E-state index contributed by atoms with van der Waals surface area (Å²) in [5, 5.41) is 3.92. The molecule has 2 N–H and O–H groups in total. The molecule has 1 aromatic heterocycles. The highest BCUT2D eigenvalue weighted by atomic mass is 35.5. The maximum absolute atomic E-state index is 13.2. The van der Waals surface area contributed by atoms with Crippen LogP contribution < -0.4 is 5.73 Å². The van der Waals surface area contributed by atoms with Gasteiger partial charge in [-0.2, -0.15) is 18.3 Å². The summed E-state index contributed by atoms with van der Waals surface area (Å²) in [6, 6.07) is 3.08. The number of amides is 1. The quantitative estimate of drug-likeness (QED) is 0.743. The van der Waals surface area contributed by atoms with Crippen LogP contribution in [0.15, 0.2) is 35.5 Å². The topological polar surface area (TPSA) is 76.5 Å². The smallest absolute Gasteiger partial charge is 0.405 e. The predicted molar refractivity (Wildman–Crippen MR) is 108 cm³/mol. The van der Waals surface area contributed by atoms with E-state index < -0.39 is 22.7 Å². The molecule has 1 atom stereocenters. The zero-order valence-corrected chi connectivity index (χ0v) is 17.4. The number of fused-ring (bicyclic) bond motifs is 1. The second-order valence-electron chi connectivity index (χ2n) is 7.02. The van der Waals surface area contributed by atoms with Crippen LogP contribution in [-0.2, 0) is 26.2 Å². The molecule has 0 radical (unpaired) electrons. The maximum Gasteiger partial charge on any atom is 0.417 e. The van der Waals surface area contributed by atoms with Crippen LogP contribution in [0.2, 0.25) is 5.02 Å². The van der Waals surface area contributed by atoms with Gasteiger partial charge < -0.3 is 10.6 Å². The third-order valence-corrected chi connectivity index (χ3v) is 5.57. The number of allylic oxidation sites excluding steroid dienone is 1. The van der Waals surface area contributed by atoms with Gasteiger partial charge in [0, 0.05) is 25.7 Å². The molecule has 0 saturated carbocycles. The average Bonchev–Trinajstić information content (AvgIpc) is 2.99. The Kier molecular flexibility index (Phi) is 5.94. The van der Waals surface area contributed by atoms with Crippen LogP contribution in [0.1, 0.15) is 39.8 Å². The number of aromatic nitrogens is 2. The van der Waals surface area contributed by atoms with Gasteiger partial charge in [0.1, 0.15) is 5.69 Å². The van der Waals surface area contributed by atoms with Gasteiger partial charge in [-0.1, -0.05) is 17.7 Å². The van der Waals surface area contributed by atoms with Crippen molar-refractivity contribution < 1.29 is 18.0 Å². The molecule has 160 valence electrons. The highest BCUT2D eigenvalue weighted by Crippen LogP contribution is 2.37. The molecule has 0 spiro atoms. The van der Waals surface area contributed by atoms with Gasteiger partial charge >= 0.3 is 6.18 Å². The summed E-state index contributed by atoms with van der Waals surface area (Å²) in [5.41, 5.74) is 7.30. The molecule has 0 aliphatic carbocycles. The number of halogens is 4. The Morgan fingerprint density at radius 1 is 1.40 bits per heavy atom. The zero-order valence-electron chi connectivity index (χ0n) is 16.7. The van der Waals surface area contributed by atoms with Gasteiger partial charge in [0.2, 0.25) is 0 Å². The molecular weight excluding hydrogens is 419 g/mol. The zero-order chi connectivity index (χ0) is 22.2. The van der Waals surface area contributed by atoms with Crippen LogP contribution in [0, 0.1) is 0 Å². The Morgan fingerprint density at radius 2 is 2.10 bits per heavy atom. The first-order chi connectivity index (χ1) is 14.1. The molecule has 0 saturated heterocycles. The van der Waals surface area contributed by atoms with Crippen molar-refractivity contribution in [3.05, 3.63) is 63.6 Å². The molecule has 1 amide bonds. The van der Waals surface area contributed by atoms with Gasteiger partial charge in [-0.3, -0.25) is 14.5 Å². The van der Waals surface area contributed by atoms with Crippen molar-refractivity contribution in [2.45, 2.75) is 32.1 Å². The fourth-order valence-electron chi connectivity index (χ4n) is 3.64. The molecule has 1 aliphatic heterocycles. The van der Waals surface area contributed by atoms with Crippen molar-refractivity contribution in [1.29, 1.82) is 0 Å². The SMILES string of the molecule is CN=C(C=CN)c1nn(C)c2c1CC(C)N(C(=O)c1cccc(C(F)(F)F)c1Cl)C2. The largest absolute Gasteiger partial charge is 0.417 e. The molecule has 1 aromatic carbocycles. The van der Waals surface area contributed by atoms with Gasteiger partial charge in [-0.15, -0.1) is 0 Å². The molecule has 1 aliphatic rings. The van der Waals surface area contributed by atoms with Crippen molar-refractivity contribution in [1.82, 2.24) is 14.7 Å². The standard InChI is InChI=1S/C20H21ClF3N5O/c1-11-9-13-16(28(3)27-18(13)15(26-2)7-8-25)10-29(11)19(30)12-5-4-6-14(17(12)21)20(22,23)24/h4-8,11H,9-10,25H2,1-3H3. The number of hydrogen-bond acceptors (Lipinski definition) is 4. The number of nitrogens with zero attached hydrogens (tertiary/aromatic N) is 4. The number of nitrogens with two attached hydrogens (primary N) is 1. The second kappa shape index (κ2) is 8.14. The molecule has 30 heavy (non-hydrogen) atoms. The van der Waals surface area contributed by atoms with Crippen molar-refractivity contribution in [3.8, 4) is 0 Å². The number of hydrogen-bond donors (Lipinski definition) is 1. The van der Waals surface area contributed by atoms with Crippen LogP contribution in [-0.4, -0.2) is 39.4 Å². The molecule has 3 rings (SSSR count). The van der Waals surface area contributed by atoms with E-state index in [1.165, 1.54) is 23.2 Å². The van der Waals surface area contributed by atoms with E-state index in [2.05, 4.69) is 10.1 Å². The van der Waals surface area contributed by atoms with Gasteiger partial charge in [0.25, 0.3) is 5.91 Å². The van der Waals surface area contributed by atoms with Gasteiger partial charge in [-0.25, -0.2) is 0 Å². The number of rotatable bonds is 3. The van der Waals surface area contributed by atoms with Crippen molar-refractivity contribution >= 4 is 23.2 Å². The lowest BCUT2D eigenvalue weighted by Crippen LogP contribution is -2.43. The summed E-state index contributed by atoms with van der Waals surface area (Å²) in [7, 11) is 3.38. The van der Waals surface area contributed by atoms with Crippen LogP contribution in [0.4, 0.5) is 13.2 Å². The fourth-order valence-corrected chi connectivity index (χ4v) is 3.95. The van der Waals surface area contributed by atoms with E-state index in [4.69, 9.17) is 17.3 Å². The summed E-state index contributed by atoms with van der Waals surface area (Å²) >= 11 is 5.97. The molecule has 10 heteroatoms. The predicted octanol–water partition coefficient (Wildman–Crippen LogP) is 3.57. The number of aryl methyl sites for hydroxylation is 1. The van der Waals surface area contributed by atoms with Gasteiger partial charge in [0.05, 0.1) is 34.1 Å². The summed E-state index contributed by atoms with van der Waals surface area (Å²) < 4.78 is 41.2. The first-order valence-electron chi connectivity index (χ1n) is 9.17. The van der Waals surface area contributed by atoms with Crippen LogP contribution in [0.25, 0.3) is 0 Å². The van der Waals surface area contributed by atoms with Gasteiger partial charge in [-0.05, 0) is 37.8 Å². The van der Waals surface area contributed by atoms with Crippen molar-refractivity contribution in [2.24, 2.45) is 17.8 Å². The van der Waals surface area contributed by atoms with E-state index in [0.29, 0.717) is 17.8 Å². The average molecular weight is 440 g/mol. The van der Waals surface area contributed by atoms with E-state index in [1.807, 2.05) is 6.92 Å². The van der Waals surface area contributed by atoms with E-state index in [-0.39, 0.29) is 18.2 Å². The Balaban J connectivity index is 1.99. The third-order valence-electron chi connectivity index (χ3n) is 5.16. The molecule has 2 heterocycles. The van der Waals surface area contributed by atoms with E-state index in [0.717, 1.165) is 17.3 Å². The Morgan fingerprint density at radius 3 is 2.70 bits per heavy atom. The number of benzene rings is 1. The van der Waals surface area contributed by atoms with Crippen LogP contribution in [0.3, 0.4) is 0 Å². The number of aliphatic imine (C=N–C) groups is 1. The molecule has 0 bridgehead atoms. The lowest BCUT2D eigenvalue weighted by Gasteiger charge is -2.34. The lowest BCUT2D eigenvalue weighted by atomic mass is 9.95. The third kappa shape index (κ3) is 3.81. The summed E-state index contributed by atoms with van der Waals surface area (Å²) in [5.74, 6) is -0.557. The molecule has 1 unspecified atom stereocenters. The highest BCUT2D eigenvalue weighted by Gasteiger charge is 2.37. The number of alkyl halides is 3. The lowest BCUT2D eigenvalue weighted by molar-refractivity contribution is -0.137. The number of carbonyl (C=O) groups excluding carboxylic acids is 1. The molecule has 6 nitrogen and oxygen atoms in total. The van der Waals surface area contributed by atoms with Crippen LogP contribution in [0.5, 0.6) is 0 Å². The van der Waals surface area contributed by atoms with Gasteiger partial charge in [0.15, 0.2) is 0 Å². The van der Waals surface area contributed by atoms with E-state index in [9.17, 15) is 18.0 Å². The molecule has 0 fully saturated rings. The fraction of sp³-hybridized carbons (Fsp3) is 0.350. The normalized spacial score (nSPS) is 17.5. The molecule has 2 aromatic rings. The minimum atomic E-state index is -4.64. The Bertz CT molecular complexity index is 1040. The minimum Gasteiger partial charge on any atom is -0.405 e. The number of carbonyl (C=O) groups is 1. The van der Waals surface area contributed by atoms with E-state index >= 15 is 0 Å². The minimum absolute atomic E-state index is 0.175. The van der Waals surface area contributed by atoms with Crippen molar-refractivity contribution in [2.75, 3.05) is 7.05 Å². The summed E-state index contributed by atoms with van der Waals surface area (Å²) in [4.78, 5) is 18.8. The summed E-state index contributed by atoms with van der Waals surface area (Å²) in [6.07, 6.45) is -1.15. The first-order valence-corrected chi connectivity index (χ1v) is 9.54. The monoisotopic (exact) mass is 439 g/mol. The second-order valence-corrected chi connectivity index (χ2v) is 7.39. The van der Waals surface area contributed by atoms with E-state index in [1.54, 1.807) is 24.9 Å². The highest BCUT2D eigenvalue weighted by molar-refractivity contribution is 6.34.